The minimum absolute atomic E-state index is 0.0316. The third-order valence-electron chi connectivity index (χ3n) is 5.58. The molecule has 0 heterocycles. The number of hydrogen-bond donors (Lipinski definition) is 2. The van der Waals surface area contributed by atoms with E-state index >= 15 is 0 Å². The summed E-state index contributed by atoms with van der Waals surface area (Å²) in [5.41, 5.74) is -0.171. The van der Waals surface area contributed by atoms with E-state index in [0.29, 0.717) is 6.42 Å². The van der Waals surface area contributed by atoms with Gasteiger partial charge >= 0.3 is 5.97 Å². The second kappa shape index (κ2) is 14.1. The molecule has 0 aliphatic heterocycles. The molecular weight excluding hydrogens is 532 g/mol. The van der Waals surface area contributed by atoms with Crippen LogP contribution in [0.5, 0.6) is 0 Å². The van der Waals surface area contributed by atoms with Crippen molar-refractivity contribution >= 4 is 39.4 Å². The van der Waals surface area contributed by atoms with Crippen molar-refractivity contribution in [3.05, 3.63) is 80.4 Å². The molecule has 13 nitrogen and oxygen atoms in total. The average molecular weight is 563 g/mol. The Morgan fingerprint density at radius 3 is 2.23 bits per heavy atom. The number of benzene rings is 2. The summed E-state index contributed by atoms with van der Waals surface area (Å²) in [5.74, 6) is -2.03. The van der Waals surface area contributed by atoms with Gasteiger partial charge in [-0.15, -0.1) is 0 Å². The standard InChI is InChI=1S/C25H30N4O9S/c1-18(2)17-27(39(37,38)21-13-11-20(12-14-21)28(33)34)23(25(31)32)9-5-6-16-26-24(30)15-10-19-7-3-4-8-22(19)29(35)36/h3-4,7-8,10-15,18,23H,5-6,9,16-17H2,1-2H3,(H,26,30)(H,31,32)/t23-/m0/s1. The smallest absolute Gasteiger partial charge is 0.322 e. The first-order chi connectivity index (χ1) is 18.3. The van der Waals surface area contributed by atoms with E-state index in [1.54, 1.807) is 19.9 Å². The molecule has 0 spiro atoms. The fraction of sp³-hybridized carbons (Fsp3) is 0.360. The van der Waals surface area contributed by atoms with Gasteiger partial charge in [0.05, 0.1) is 20.3 Å². The van der Waals surface area contributed by atoms with E-state index in [4.69, 9.17) is 0 Å². The minimum atomic E-state index is -4.28. The number of carboxylic acid groups (broad SMARTS) is 1. The van der Waals surface area contributed by atoms with Crippen molar-refractivity contribution in [3.8, 4) is 0 Å². The molecule has 1 amide bonds. The molecule has 2 rings (SSSR count). The number of rotatable bonds is 15. The van der Waals surface area contributed by atoms with E-state index < -0.39 is 37.8 Å². The fourth-order valence-corrected chi connectivity index (χ4v) is 5.49. The van der Waals surface area contributed by atoms with E-state index in [0.717, 1.165) is 34.6 Å². The zero-order chi connectivity index (χ0) is 29.2. The summed E-state index contributed by atoms with van der Waals surface area (Å²) >= 11 is 0. The second-order valence-corrected chi connectivity index (χ2v) is 10.9. The molecule has 0 bridgehead atoms. The van der Waals surface area contributed by atoms with Gasteiger partial charge in [0, 0.05) is 37.4 Å². The zero-order valence-electron chi connectivity index (χ0n) is 21.4. The number of nitro benzene ring substituents is 2. The molecule has 210 valence electrons. The summed E-state index contributed by atoms with van der Waals surface area (Å²) in [5, 5.41) is 34.4. The Morgan fingerprint density at radius 1 is 1.03 bits per heavy atom. The molecule has 2 N–H and O–H groups in total. The Hall–Kier alpha value is -4.17. The first-order valence-electron chi connectivity index (χ1n) is 12.0. The summed E-state index contributed by atoms with van der Waals surface area (Å²) in [7, 11) is -4.28. The van der Waals surface area contributed by atoms with E-state index in [2.05, 4.69) is 5.32 Å². The van der Waals surface area contributed by atoms with Crippen molar-refractivity contribution in [2.24, 2.45) is 5.92 Å². The quantitative estimate of drug-likeness (QED) is 0.141. The van der Waals surface area contributed by atoms with Crippen molar-refractivity contribution in [1.29, 1.82) is 0 Å². The predicted octanol–water partition coefficient (Wildman–Crippen LogP) is 3.60. The maximum atomic E-state index is 13.3. The summed E-state index contributed by atoms with van der Waals surface area (Å²) in [6.07, 6.45) is 3.07. The van der Waals surface area contributed by atoms with Gasteiger partial charge in [0.25, 0.3) is 11.4 Å². The SMILES string of the molecule is CC(C)CN([C@@H](CCCCNC(=O)C=Cc1ccccc1[N+](=O)[O-])C(=O)O)S(=O)(=O)c1ccc([N+](=O)[O-])cc1. The molecule has 0 saturated heterocycles. The molecule has 0 radical (unpaired) electrons. The number of nitrogens with one attached hydrogen (secondary N) is 1. The van der Waals surface area contributed by atoms with E-state index in [1.807, 2.05) is 0 Å². The topological polar surface area (TPSA) is 190 Å². The molecule has 0 unspecified atom stereocenters. The highest BCUT2D eigenvalue weighted by Crippen LogP contribution is 2.25. The Bertz CT molecular complexity index is 1330. The summed E-state index contributed by atoms with van der Waals surface area (Å²) in [4.78, 5) is 44.7. The third kappa shape index (κ3) is 8.97. The maximum absolute atomic E-state index is 13.3. The van der Waals surface area contributed by atoms with Crippen molar-refractivity contribution in [2.75, 3.05) is 13.1 Å². The van der Waals surface area contributed by atoms with Crippen LogP contribution < -0.4 is 5.32 Å². The van der Waals surface area contributed by atoms with Crippen LogP contribution in [0.15, 0.2) is 59.5 Å². The fourth-order valence-electron chi connectivity index (χ4n) is 3.71. The van der Waals surface area contributed by atoms with Crippen LogP contribution in [0.4, 0.5) is 11.4 Å². The Labute approximate surface area is 225 Å². The summed E-state index contributed by atoms with van der Waals surface area (Å²) < 4.78 is 27.5. The van der Waals surface area contributed by atoms with Gasteiger partial charge in [-0.3, -0.25) is 29.8 Å². The number of carboxylic acids is 1. The number of para-hydroxylation sites is 1. The van der Waals surface area contributed by atoms with E-state index in [1.165, 1.54) is 24.3 Å². The third-order valence-corrected chi connectivity index (χ3v) is 7.47. The number of aliphatic carboxylic acids is 1. The van der Waals surface area contributed by atoms with E-state index in [9.17, 15) is 43.3 Å². The number of nitro groups is 2. The highest BCUT2D eigenvalue weighted by Gasteiger charge is 2.36. The van der Waals surface area contributed by atoms with Crippen molar-refractivity contribution in [1.82, 2.24) is 9.62 Å². The Kier molecular flexibility index (Phi) is 11.2. The minimum Gasteiger partial charge on any atom is -0.480 e. The summed E-state index contributed by atoms with van der Waals surface area (Å²) in [6, 6.07) is 8.80. The Morgan fingerprint density at radius 2 is 1.67 bits per heavy atom. The molecule has 2 aromatic rings. The average Bonchev–Trinajstić information content (AvgIpc) is 2.88. The van der Waals surface area contributed by atoms with Gasteiger partial charge in [-0.05, 0) is 49.5 Å². The lowest BCUT2D eigenvalue weighted by Gasteiger charge is -2.29. The number of carbonyl (C=O) groups excluding carboxylic acids is 1. The van der Waals surface area contributed by atoms with Crippen LogP contribution in [-0.4, -0.2) is 58.7 Å². The molecule has 2 aromatic carbocycles. The highest BCUT2D eigenvalue weighted by molar-refractivity contribution is 7.89. The maximum Gasteiger partial charge on any atom is 0.322 e. The lowest BCUT2D eigenvalue weighted by atomic mass is 10.1. The largest absolute Gasteiger partial charge is 0.480 e. The zero-order valence-corrected chi connectivity index (χ0v) is 22.2. The van der Waals surface area contributed by atoms with Gasteiger partial charge in [-0.1, -0.05) is 26.0 Å². The van der Waals surface area contributed by atoms with Gasteiger partial charge in [0.2, 0.25) is 15.9 Å². The molecule has 39 heavy (non-hydrogen) atoms. The lowest BCUT2D eigenvalue weighted by Crippen LogP contribution is -2.46. The van der Waals surface area contributed by atoms with Gasteiger partial charge in [0.1, 0.15) is 6.04 Å². The highest BCUT2D eigenvalue weighted by atomic mass is 32.2. The number of nitrogens with zero attached hydrogens (tertiary/aromatic N) is 3. The number of sulfonamides is 1. The molecule has 0 fully saturated rings. The molecule has 14 heteroatoms. The Balaban J connectivity index is 2.03. The number of unbranched alkanes of at least 4 members (excludes halogenated alkanes) is 1. The lowest BCUT2D eigenvalue weighted by molar-refractivity contribution is -0.385. The number of hydrogen-bond acceptors (Lipinski definition) is 8. The molecule has 0 aromatic heterocycles. The first-order valence-corrected chi connectivity index (χ1v) is 13.5. The van der Waals surface area contributed by atoms with Crippen LogP contribution in [-0.2, 0) is 19.6 Å². The van der Waals surface area contributed by atoms with Crippen LogP contribution >= 0.6 is 0 Å². The first kappa shape index (κ1) is 31.1. The number of amides is 1. The number of carbonyl (C=O) groups is 2. The van der Waals surface area contributed by atoms with Crippen molar-refractivity contribution in [3.63, 3.8) is 0 Å². The molecule has 0 aliphatic carbocycles. The van der Waals surface area contributed by atoms with Gasteiger partial charge in [0.15, 0.2) is 0 Å². The van der Waals surface area contributed by atoms with Crippen LogP contribution in [0, 0.1) is 26.1 Å². The summed E-state index contributed by atoms with van der Waals surface area (Å²) in [6.45, 7) is 3.57. The van der Waals surface area contributed by atoms with E-state index in [-0.39, 0.29) is 53.7 Å². The van der Waals surface area contributed by atoms with Crippen molar-refractivity contribution < 1.29 is 33.0 Å². The molecule has 0 saturated carbocycles. The second-order valence-electron chi connectivity index (χ2n) is 9.01. The van der Waals surface area contributed by atoms with Crippen LogP contribution in [0.1, 0.15) is 38.7 Å². The monoisotopic (exact) mass is 562 g/mol. The van der Waals surface area contributed by atoms with Gasteiger partial charge in [-0.25, -0.2) is 8.42 Å². The van der Waals surface area contributed by atoms with Crippen LogP contribution in [0.3, 0.4) is 0 Å². The van der Waals surface area contributed by atoms with Crippen LogP contribution in [0.25, 0.3) is 6.08 Å². The van der Waals surface area contributed by atoms with Crippen molar-refractivity contribution in [2.45, 2.75) is 44.0 Å². The molecular formula is C25H30N4O9S. The normalized spacial score (nSPS) is 12.5. The predicted molar refractivity (Wildman–Crippen MR) is 142 cm³/mol. The van der Waals surface area contributed by atoms with Gasteiger partial charge < -0.3 is 10.4 Å². The molecule has 0 aliphatic rings. The molecule has 1 atom stereocenters. The van der Waals surface area contributed by atoms with Crippen LogP contribution in [0.2, 0.25) is 0 Å². The number of non-ortho nitro benzene ring substituents is 1. The van der Waals surface area contributed by atoms with Gasteiger partial charge in [-0.2, -0.15) is 4.31 Å².